The lowest BCUT2D eigenvalue weighted by Crippen LogP contribution is -2.24. The first kappa shape index (κ1) is 24.8. The van der Waals surface area contributed by atoms with Gasteiger partial charge in [-0.3, -0.25) is 8.98 Å². The van der Waals surface area contributed by atoms with E-state index >= 15 is 0 Å². The monoisotopic (exact) mass is 520 g/mol. The minimum absolute atomic E-state index is 0.191. The van der Waals surface area contributed by atoms with E-state index in [1.54, 1.807) is 11.8 Å². The van der Waals surface area contributed by atoms with E-state index in [0.717, 1.165) is 14.7 Å². The summed E-state index contributed by atoms with van der Waals surface area (Å²) in [4.78, 5) is 25.3. The molecule has 9 nitrogen and oxygen atoms in total. The Morgan fingerprint density at radius 3 is 2.82 bits per heavy atom. The summed E-state index contributed by atoms with van der Waals surface area (Å²) in [5.74, 6) is -0.230. The molecule has 2 aromatic heterocycles. The standard InChI is InChI=1S/C22H24N4O5S3/c1-13-19(33-16-5-3-2-4-6-16)9-20(32-13)21(28)17-10-24-12-25-22(17)26-15-7-14(18(27)8-15)11-31-34(23,29)30/h2-6,9-10,12,14-15,18,27H,7-8,11H2,1H3,(H2,23,29,30)(H,24,25,26)/t14-,15-,18+/m1/s1. The molecular weight excluding hydrogens is 496 g/mol. The van der Waals surface area contributed by atoms with Crippen molar-refractivity contribution in [1.29, 1.82) is 0 Å². The van der Waals surface area contributed by atoms with Gasteiger partial charge in [-0.15, -0.1) is 11.3 Å². The molecule has 4 N–H and O–H groups in total. The topological polar surface area (TPSA) is 144 Å². The first-order chi connectivity index (χ1) is 16.2. The zero-order valence-electron chi connectivity index (χ0n) is 18.2. The van der Waals surface area contributed by atoms with Crippen molar-refractivity contribution in [2.75, 3.05) is 11.9 Å². The molecule has 34 heavy (non-hydrogen) atoms. The molecule has 1 aliphatic carbocycles. The van der Waals surface area contributed by atoms with E-state index in [-0.39, 0.29) is 18.4 Å². The predicted octanol–water partition coefficient (Wildman–Crippen LogP) is 3.00. The van der Waals surface area contributed by atoms with Crippen molar-refractivity contribution in [3.63, 3.8) is 0 Å². The van der Waals surface area contributed by atoms with Crippen molar-refractivity contribution in [3.05, 3.63) is 64.2 Å². The molecule has 12 heteroatoms. The predicted molar refractivity (Wildman–Crippen MR) is 130 cm³/mol. The summed E-state index contributed by atoms with van der Waals surface area (Å²) in [6.07, 6.45) is 2.85. The van der Waals surface area contributed by atoms with Gasteiger partial charge in [0.25, 0.3) is 0 Å². The second-order valence-corrected chi connectivity index (χ2v) is 11.6. The summed E-state index contributed by atoms with van der Waals surface area (Å²) in [5.41, 5.74) is 0.332. The van der Waals surface area contributed by atoms with Crippen LogP contribution in [0.4, 0.5) is 5.82 Å². The number of rotatable bonds is 9. The fourth-order valence-corrected chi connectivity index (χ4v) is 6.24. The van der Waals surface area contributed by atoms with Crippen LogP contribution in [-0.4, -0.2) is 48.0 Å². The van der Waals surface area contributed by atoms with E-state index in [1.165, 1.54) is 23.9 Å². The number of aliphatic hydroxyl groups excluding tert-OH is 1. The lowest BCUT2D eigenvalue weighted by Gasteiger charge is -2.15. The van der Waals surface area contributed by atoms with Crippen LogP contribution in [0.15, 0.2) is 58.7 Å². The Balaban J connectivity index is 1.47. The number of nitrogens with zero attached hydrogens (tertiary/aromatic N) is 2. The molecule has 0 radical (unpaired) electrons. The highest BCUT2D eigenvalue weighted by Crippen LogP contribution is 2.37. The van der Waals surface area contributed by atoms with Crippen LogP contribution in [0.1, 0.15) is 33.0 Å². The van der Waals surface area contributed by atoms with Crippen LogP contribution in [0.2, 0.25) is 0 Å². The van der Waals surface area contributed by atoms with E-state index < -0.39 is 22.3 Å². The smallest absolute Gasteiger partial charge is 0.333 e. The molecule has 1 fully saturated rings. The SMILES string of the molecule is Cc1sc(C(=O)c2cncnc2N[C@@H]2C[C@H](COS(N)(=O)=O)[C@@H](O)C2)cc1Sc1ccccc1. The number of benzene rings is 1. The van der Waals surface area contributed by atoms with Crippen LogP contribution in [0.25, 0.3) is 0 Å². The number of aryl methyl sites for hydroxylation is 1. The molecule has 3 aromatic rings. The third-order valence-electron chi connectivity index (χ3n) is 5.47. The first-order valence-electron chi connectivity index (χ1n) is 10.5. The molecule has 180 valence electrons. The summed E-state index contributed by atoms with van der Waals surface area (Å²) < 4.78 is 26.7. The average molecular weight is 521 g/mol. The zero-order valence-corrected chi connectivity index (χ0v) is 20.7. The molecule has 0 aliphatic heterocycles. The van der Waals surface area contributed by atoms with Gasteiger partial charge in [-0.25, -0.2) is 15.1 Å². The molecule has 0 spiro atoms. The lowest BCUT2D eigenvalue weighted by molar-refractivity contribution is 0.101. The fourth-order valence-electron chi connectivity index (χ4n) is 3.81. The molecule has 0 unspecified atom stereocenters. The maximum atomic E-state index is 13.3. The Bertz CT molecular complexity index is 1270. The van der Waals surface area contributed by atoms with Crippen LogP contribution in [0, 0.1) is 12.8 Å². The van der Waals surface area contributed by atoms with Gasteiger partial charge < -0.3 is 10.4 Å². The summed E-state index contributed by atoms with van der Waals surface area (Å²) in [5, 5.41) is 18.4. The summed E-state index contributed by atoms with van der Waals surface area (Å²) >= 11 is 3.02. The zero-order chi connectivity index (χ0) is 24.3. The highest BCUT2D eigenvalue weighted by molar-refractivity contribution is 7.99. The van der Waals surface area contributed by atoms with Gasteiger partial charge >= 0.3 is 10.3 Å². The number of hydrogen-bond acceptors (Lipinski definition) is 10. The molecule has 1 aromatic carbocycles. The number of hydrogen-bond donors (Lipinski definition) is 3. The summed E-state index contributed by atoms with van der Waals surface area (Å²) in [7, 11) is -4.08. The number of aliphatic hydroxyl groups is 1. The van der Waals surface area contributed by atoms with Crippen LogP contribution < -0.4 is 10.5 Å². The quantitative estimate of drug-likeness (QED) is 0.363. The summed E-state index contributed by atoms with van der Waals surface area (Å²) in [6.45, 7) is 1.78. The maximum absolute atomic E-state index is 13.3. The number of carbonyl (C=O) groups excluding carboxylic acids is 1. The number of nitrogens with two attached hydrogens (primary N) is 1. The number of ketones is 1. The van der Waals surface area contributed by atoms with E-state index in [2.05, 4.69) is 19.5 Å². The average Bonchev–Trinajstić information content (AvgIpc) is 3.34. The highest BCUT2D eigenvalue weighted by atomic mass is 32.2. The molecule has 0 bridgehead atoms. The van der Waals surface area contributed by atoms with Gasteiger partial charge in [-0.1, -0.05) is 30.0 Å². The van der Waals surface area contributed by atoms with Gasteiger partial charge in [0.2, 0.25) is 5.78 Å². The number of aromatic nitrogens is 2. The molecule has 2 heterocycles. The van der Waals surface area contributed by atoms with Crippen molar-refractivity contribution in [1.82, 2.24) is 9.97 Å². The summed E-state index contributed by atoms with van der Waals surface area (Å²) in [6, 6.07) is 11.6. The van der Waals surface area contributed by atoms with E-state index in [4.69, 9.17) is 5.14 Å². The Morgan fingerprint density at radius 1 is 1.32 bits per heavy atom. The molecular formula is C22H24N4O5S3. The van der Waals surface area contributed by atoms with Crippen molar-refractivity contribution in [3.8, 4) is 0 Å². The number of nitrogens with one attached hydrogen (secondary N) is 1. The van der Waals surface area contributed by atoms with Gasteiger partial charge in [0.15, 0.2) is 0 Å². The Labute approximate surface area is 206 Å². The highest BCUT2D eigenvalue weighted by Gasteiger charge is 2.34. The lowest BCUT2D eigenvalue weighted by atomic mass is 10.1. The van der Waals surface area contributed by atoms with Crippen molar-refractivity contribution < 1.29 is 22.5 Å². The van der Waals surface area contributed by atoms with Crippen LogP contribution in [0.3, 0.4) is 0 Å². The van der Waals surface area contributed by atoms with Crippen LogP contribution in [-0.2, 0) is 14.5 Å². The molecule has 0 amide bonds. The molecule has 3 atom stereocenters. The second-order valence-electron chi connectivity index (χ2n) is 7.98. The molecule has 1 saturated carbocycles. The molecule has 1 aliphatic rings. The van der Waals surface area contributed by atoms with Crippen LogP contribution >= 0.6 is 23.1 Å². The van der Waals surface area contributed by atoms with E-state index in [0.29, 0.717) is 29.1 Å². The van der Waals surface area contributed by atoms with Gasteiger partial charge in [-0.05, 0) is 38.0 Å². The van der Waals surface area contributed by atoms with Crippen molar-refractivity contribution in [2.45, 2.75) is 41.7 Å². The minimum atomic E-state index is -4.08. The number of thiophene rings is 1. The second kappa shape index (κ2) is 10.5. The Hall–Kier alpha value is -2.35. The third kappa shape index (κ3) is 6.20. The molecule has 0 saturated heterocycles. The van der Waals surface area contributed by atoms with Crippen molar-refractivity contribution >= 4 is 45.0 Å². The van der Waals surface area contributed by atoms with Gasteiger partial charge in [0.05, 0.1) is 23.2 Å². The van der Waals surface area contributed by atoms with E-state index in [9.17, 15) is 18.3 Å². The Kier molecular flexibility index (Phi) is 7.65. The number of carbonyl (C=O) groups is 1. The number of anilines is 1. The van der Waals surface area contributed by atoms with Crippen LogP contribution in [0.5, 0.6) is 0 Å². The fraction of sp³-hybridized carbons (Fsp3) is 0.318. The minimum Gasteiger partial charge on any atom is -0.393 e. The van der Waals surface area contributed by atoms with E-state index in [1.807, 2.05) is 43.3 Å². The van der Waals surface area contributed by atoms with Gasteiger partial charge in [0, 0.05) is 32.8 Å². The maximum Gasteiger partial charge on any atom is 0.333 e. The largest absolute Gasteiger partial charge is 0.393 e. The molecule has 4 rings (SSSR count). The Morgan fingerprint density at radius 2 is 2.09 bits per heavy atom. The van der Waals surface area contributed by atoms with Crippen molar-refractivity contribution in [2.24, 2.45) is 11.1 Å². The third-order valence-corrected chi connectivity index (χ3v) is 8.26. The van der Waals surface area contributed by atoms with Gasteiger partial charge in [0.1, 0.15) is 12.1 Å². The first-order valence-corrected chi connectivity index (χ1v) is 13.6. The normalized spacial score (nSPS) is 20.4. The van der Waals surface area contributed by atoms with Gasteiger partial charge in [-0.2, -0.15) is 8.42 Å².